The van der Waals surface area contributed by atoms with Crippen LogP contribution in [-0.2, 0) is 22.6 Å². The summed E-state index contributed by atoms with van der Waals surface area (Å²) in [6.45, 7) is 5.00. The average molecular weight is 398 g/mol. The average Bonchev–Trinajstić information content (AvgIpc) is 2.72. The monoisotopic (exact) mass is 397 g/mol. The zero-order valence-corrected chi connectivity index (χ0v) is 17.5. The number of carbonyl (C=O) groups is 2. The molecule has 0 radical (unpaired) electrons. The Bertz CT molecular complexity index is 782. The minimum atomic E-state index is -1.15. The van der Waals surface area contributed by atoms with Gasteiger partial charge in [-0.15, -0.1) is 0 Å². The maximum Gasteiger partial charge on any atom is 0.317 e. The number of aliphatic carboxylic acids is 1. The van der Waals surface area contributed by atoms with Crippen molar-refractivity contribution in [3.05, 3.63) is 71.8 Å². The third kappa shape index (κ3) is 5.89. The minimum Gasteiger partial charge on any atom is -0.480 e. The summed E-state index contributed by atoms with van der Waals surface area (Å²) in [6.07, 6.45) is 0.376. The lowest BCUT2D eigenvalue weighted by Crippen LogP contribution is -2.69. The van der Waals surface area contributed by atoms with Gasteiger partial charge in [0.15, 0.2) is 5.66 Å². The highest BCUT2D eigenvalue weighted by molar-refractivity contribution is 5.87. The number of hydrogen-bond donors (Lipinski definition) is 2. The first-order valence-electron chi connectivity index (χ1n) is 9.98. The lowest BCUT2D eigenvalue weighted by molar-refractivity contribution is -0.151. The van der Waals surface area contributed by atoms with Crippen molar-refractivity contribution in [3.63, 3.8) is 0 Å². The van der Waals surface area contributed by atoms with Crippen LogP contribution in [0.4, 0.5) is 0 Å². The van der Waals surface area contributed by atoms with Gasteiger partial charge in [0.1, 0.15) is 0 Å². The van der Waals surface area contributed by atoms with Crippen molar-refractivity contribution in [3.8, 4) is 0 Å². The fourth-order valence-electron chi connectivity index (χ4n) is 3.68. The van der Waals surface area contributed by atoms with E-state index in [1.165, 1.54) is 0 Å². The predicted octanol–water partition coefficient (Wildman–Crippen LogP) is 2.60. The number of carbonyl (C=O) groups excluding carboxylic acids is 1. The van der Waals surface area contributed by atoms with Gasteiger partial charge in [0.05, 0.1) is 6.54 Å². The molecule has 0 heterocycles. The van der Waals surface area contributed by atoms with Crippen molar-refractivity contribution in [1.29, 1.82) is 0 Å². The Labute approximate surface area is 173 Å². The van der Waals surface area contributed by atoms with Crippen LogP contribution in [-0.4, -0.2) is 59.1 Å². The van der Waals surface area contributed by atoms with Crippen LogP contribution in [0, 0.1) is 0 Å². The number of amides is 1. The van der Waals surface area contributed by atoms with Crippen LogP contribution in [0.5, 0.6) is 0 Å². The number of benzene rings is 2. The van der Waals surface area contributed by atoms with Crippen LogP contribution in [0.2, 0.25) is 0 Å². The van der Waals surface area contributed by atoms with Crippen LogP contribution in [0.25, 0.3) is 0 Å². The Morgan fingerprint density at radius 3 is 2.00 bits per heavy atom. The molecule has 6 nitrogen and oxygen atoms in total. The Hall–Kier alpha value is -2.70. The van der Waals surface area contributed by atoms with Crippen molar-refractivity contribution in [2.24, 2.45) is 0 Å². The summed E-state index contributed by atoms with van der Waals surface area (Å²) >= 11 is 0. The summed E-state index contributed by atoms with van der Waals surface area (Å²) in [5.74, 6) is -1.10. The van der Waals surface area contributed by atoms with Crippen LogP contribution >= 0.6 is 0 Å². The van der Waals surface area contributed by atoms with Crippen molar-refractivity contribution in [2.45, 2.75) is 32.5 Å². The SMILES string of the molecule is CCNC(Cc1ccccc1)(C(=O)N(C)Cc1ccccc1)N(CC)CC(=O)O. The molecular formula is C23H31N3O3. The van der Waals surface area contributed by atoms with Gasteiger partial charge in [-0.05, 0) is 24.2 Å². The van der Waals surface area contributed by atoms with Crippen molar-refractivity contribution in [1.82, 2.24) is 15.1 Å². The zero-order chi connectivity index (χ0) is 21.3. The molecule has 0 aliphatic carbocycles. The molecule has 2 aromatic carbocycles. The molecule has 0 spiro atoms. The van der Waals surface area contributed by atoms with E-state index in [9.17, 15) is 14.7 Å². The smallest absolute Gasteiger partial charge is 0.317 e. The van der Waals surface area contributed by atoms with Gasteiger partial charge in [0.25, 0.3) is 5.91 Å². The first-order valence-corrected chi connectivity index (χ1v) is 9.98. The first-order chi connectivity index (χ1) is 13.9. The first kappa shape index (κ1) is 22.6. The maximum absolute atomic E-state index is 13.8. The van der Waals surface area contributed by atoms with Crippen LogP contribution in [0.15, 0.2) is 60.7 Å². The Morgan fingerprint density at radius 1 is 0.966 bits per heavy atom. The predicted molar refractivity (Wildman–Crippen MR) is 114 cm³/mol. The second-order valence-electron chi connectivity index (χ2n) is 7.11. The van der Waals surface area contributed by atoms with Gasteiger partial charge in [-0.3, -0.25) is 19.8 Å². The topological polar surface area (TPSA) is 72.9 Å². The normalized spacial score (nSPS) is 13.1. The molecule has 6 heteroatoms. The van der Waals surface area contributed by atoms with Gasteiger partial charge >= 0.3 is 5.97 Å². The van der Waals surface area contributed by atoms with Gasteiger partial charge in [-0.1, -0.05) is 74.5 Å². The highest BCUT2D eigenvalue weighted by atomic mass is 16.4. The van der Waals surface area contributed by atoms with E-state index in [0.717, 1.165) is 11.1 Å². The fraction of sp³-hybridized carbons (Fsp3) is 0.391. The Kier molecular flexibility index (Phi) is 8.36. The van der Waals surface area contributed by atoms with E-state index in [4.69, 9.17) is 0 Å². The summed E-state index contributed by atoms with van der Waals surface area (Å²) in [5, 5.41) is 12.8. The number of carboxylic acid groups (broad SMARTS) is 1. The Morgan fingerprint density at radius 2 is 1.52 bits per heavy atom. The number of likely N-dealkylation sites (N-methyl/N-ethyl adjacent to an activating group) is 3. The summed E-state index contributed by atoms with van der Waals surface area (Å²) < 4.78 is 0. The third-order valence-electron chi connectivity index (χ3n) is 4.98. The van der Waals surface area contributed by atoms with Crippen molar-refractivity contribution in [2.75, 3.05) is 26.7 Å². The molecule has 0 aliphatic rings. The van der Waals surface area contributed by atoms with Crippen LogP contribution in [0.3, 0.4) is 0 Å². The lowest BCUT2D eigenvalue weighted by Gasteiger charge is -2.44. The van der Waals surface area contributed by atoms with Crippen molar-refractivity contribution < 1.29 is 14.7 Å². The molecule has 0 saturated heterocycles. The maximum atomic E-state index is 13.8. The summed E-state index contributed by atoms with van der Waals surface area (Å²) in [6, 6.07) is 19.5. The number of hydrogen-bond acceptors (Lipinski definition) is 4. The quantitative estimate of drug-likeness (QED) is 0.570. The fourth-order valence-corrected chi connectivity index (χ4v) is 3.68. The molecule has 156 valence electrons. The van der Waals surface area contributed by atoms with Crippen LogP contribution < -0.4 is 5.32 Å². The van der Waals surface area contributed by atoms with E-state index in [2.05, 4.69) is 5.32 Å². The number of carboxylic acids is 1. The molecule has 2 N–H and O–H groups in total. The molecule has 2 aromatic rings. The molecule has 0 saturated carbocycles. The summed E-state index contributed by atoms with van der Waals surface area (Å²) in [4.78, 5) is 28.7. The summed E-state index contributed by atoms with van der Waals surface area (Å²) in [5.41, 5.74) is 0.848. The highest BCUT2D eigenvalue weighted by Crippen LogP contribution is 2.23. The third-order valence-corrected chi connectivity index (χ3v) is 4.98. The van der Waals surface area contributed by atoms with E-state index in [1.807, 2.05) is 74.5 Å². The standard InChI is InChI=1S/C23H31N3O3/c1-4-24-23(26(5-2)18-21(27)28,16-19-12-8-6-9-13-19)22(29)25(3)17-20-14-10-7-11-15-20/h6-15,24H,4-5,16-18H2,1-3H3,(H,27,28). The summed E-state index contributed by atoms with van der Waals surface area (Å²) in [7, 11) is 1.76. The number of nitrogens with zero attached hydrogens (tertiary/aromatic N) is 2. The molecule has 0 aliphatic heterocycles. The number of rotatable bonds is 11. The number of nitrogens with one attached hydrogen (secondary N) is 1. The van der Waals surface area contributed by atoms with E-state index < -0.39 is 11.6 Å². The molecule has 0 bridgehead atoms. The van der Waals surface area contributed by atoms with E-state index >= 15 is 0 Å². The van der Waals surface area contributed by atoms with Crippen molar-refractivity contribution >= 4 is 11.9 Å². The van der Waals surface area contributed by atoms with Gasteiger partial charge in [0, 0.05) is 20.0 Å². The van der Waals surface area contributed by atoms with Gasteiger partial charge < -0.3 is 10.0 Å². The van der Waals surface area contributed by atoms with E-state index in [-0.39, 0.29) is 12.5 Å². The van der Waals surface area contributed by atoms with E-state index in [0.29, 0.717) is 26.1 Å². The molecule has 1 atom stereocenters. The second-order valence-corrected chi connectivity index (χ2v) is 7.11. The molecule has 0 aromatic heterocycles. The molecule has 1 amide bonds. The molecule has 29 heavy (non-hydrogen) atoms. The van der Waals surface area contributed by atoms with Gasteiger partial charge in [-0.2, -0.15) is 0 Å². The second kappa shape index (κ2) is 10.7. The van der Waals surface area contributed by atoms with E-state index in [1.54, 1.807) is 16.8 Å². The lowest BCUT2D eigenvalue weighted by atomic mass is 9.95. The molecule has 2 rings (SSSR count). The van der Waals surface area contributed by atoms with Gasteiger partial charge in [-0.25, -0.2) is 0 Å². The largest absolute Gasteiger partial charge is 0.480 e. The molecular weight excluding hydrogens is 366 g/mol. The zero-order valence-electron chi connectivity index (χ0n) is 17.5. The molecule has 0 fully saturated rings. The van der Waals surface area contributed by atoms with Gasteiger partial charge in [0.2, 0.25) is 0 Å². The highest BCUT2D eigenvalue weighted by Gasteiger charge is 2.45. The Balaban J connectivity index is 2.43. The van der Waals surface area contributed by atoms with Crippen LogP contribution in [0.1, 0.15) is 25.0 Å². The minimum absolute atomic E-state index is 0.143. The molecule has 1 unspecified atom stereocenters.